The summed E-state index contributed by atoms with van der Waals surface area (Å²) in [5.41, 5.74) is 0. The fourth-order valence-electron chi connectivity index (χ4n) is 5.58. The van der Waals surface area contributed by atoms with Crippen molar-refractivity contribution in [2.24, 2.45) is 5.92 Å². The van der Waals surface area contributed by atoms with Crippen molar-refractivity contribution in [3.05, 3.63) is 72.9 Å². The van der Waals surface area contributed by atoms with Gasteiger partial charge >= 0.3 is 11.9 Å². The van der Waals surface area contributed by atoms with Crippen molar-refractivity contribution in [3.63, 3.8) is 0 Å². The smallest absolute Gasteiger partial charge is 0.306 e. The lowest BCUT2D eigenvalue weighted by Crippen LogP contribution is -2.28. The molecular weight excluding hydrogens is 648 g/mol. The van der Waals surface area contributed by atoms with Crippen molar-refractivity contribution in [3.8, 4) is 0 Å². The lowest BCUT2D eigenvalue weighted by atomic mass is 9.99. The summed E-state index contributed by atoms with van der Waals surface area (Å²) in [6.45, 7) is 6.25. The van der Waals surface area contributed by atoms with E-state index < -0.39 is 18.2 Å². The summed E-state index contributed by atoms with van der Waals surface area (Å²) in [4.78, 5) is 24.3. The quantitative estimate of drug-likeness (QED) is 0.0289. The first-order valence-electron chi connectivity index (χ1n) is 21.0. The molecule has 6 nitrogen and oxygen atoms in total. The van der Waals surface area contributed by atoms with Gasteiger partial charge in [0.05, 0.1) is 12.7 Å². The van der Waals surface area contributed by atoms with Crippen LogP contribution in [0, 0.1) is 5.92 Å². The molecule has 0 rings (SSSR count). The Kier molecular flexibility index (Phi) is 37.5. The summed E-state index contributed by atoms with van der Waals surface area (Å²) in [6, 6.07) is 0. The Morgan fingerprint density at radius 3 is 1.71 bits per heavy atom. The molecule has 6 heteroatoms. The molecule has 0 radical (unpaired) electrons. The second-order valence-corrected chi connectivity index (χ2v) is 14.1. The van der Waals surface area contributed by atoms with E-state index in [9.17, 15) is 19.8 Å². The van der Waals surface area contributed by atoms with E-state index in [0.29, 0.717) is 19.3 Å². The molecule has 0 aliphatic heterocycles. The second-order valence-electron chi connectivity index (χ2n) is 14.1. The van der Waals surface area contributed by atoms with Crippen molar-refractivity contribution in [2.45, 2.75) is 187 Å². The first-order chi connectivity index (χ1) is 25.4. The number of hydrogen-bond donors (Lipinski definition) is 2. The summed E-state index contributed by atoms with van der Waals surface area (Å²) in [6.07, 6.45) is 48.7. The van der Waals surface area contributed by atoms with Crippen LogP contribution in [0.2, 0.25) is 0 Å². The lowest BCUT2D eigenvalue weighted by Gasteiger charge is -2.15. The van der Waals surface area contributed by atoms with Gasteiger partial charge in [-0.05, 0) is 50.9 Å². The van der Waals surface area contributed by atoms with Gasteiger partial charge in [0.2, 0.25) is 0 Å². The monoisotopic (exact) mass is 727 g/mol. The summed E-state index contributed by atoms with van der Waals surface area (Å²) in [5.74, 6) is 0.183. The number of aliphatic hydroxyl groups excluding tert-OH is 2. The fraction of sp³-hybridized carbons (Fsp3) is 0.696. The van der Waals surface area contributed by atoms with E-state index in [0.717, 1.165) is 50.9 Å². The molecule has 0 aromatic rings. The maximum Gasteiger partial charge on any atom is 0.306 e. The third-order valence-corrected chi connectivity index (χ3v) is 9.15. The zero-order valence-electron chi connectivity index (χ0n) is 33.6. The minimum atomic E-state index is -0.825. The second kappa shape index (κ2) is 39.5. The SMILES string of the molecule is CC/C=C\CC(O)/C=C/C=C/C/C=C\C/C=C\C/C=C\CCC(=O)O[C@@H](CO)COC(=O)CCCCCCCCCCCCCCCCC(C)CC. The van der Waals surface area contributed by atoms with E-state index in [-0.39, 0.29) is 25.6 Å². The molecule has 0 amide bonds. The molecule has 0 aliphatic rings. The number of rotatable bonds is 36. The van der Waals surface area contributed by atoms with E-state index in [1.54, 1.807) is 6.08 Å². The molecule has 0 aromatic heterocycles. The number of allylic oxidation sites excluding steroid dienone is 10. The molecule has 52 heavy (non-hydrogen) atoms. The standard InChI is InChI=1S/C46H78O6/c1-4-6-30-36-43(48)37-32-27-23-19-15-11-9-13-17-21-25-29-34-39-46(50)52-44(40-47)41-51-45(49)38-33-28-24-20-16-12-8-7-10-14-18-22-26-31-35-42(3)5-2/h6,11,13,15,17,23,25,27,29-30,32,37,42-44,47-48H,4-5,7-10,12,14,16,18-22,24,26,28,31,33-36,38-41H2,1-3H3/b15-11-,17-13-,27-23+,29-25-,30-6-,37-32+/t42?,43?,44-/m0/s1. The van der Waals surface area contributed by atoms with Gasteiger partial charge in [-0.15, -0.1) is 0 Å². The molecule has 3 atom stereocenters. The highest BCUT2D eigenvalue weighted by atomic mass is 16.6. The number of ether oxygens (including phenoxy) is 2. The Morgan fingerprint density at radius 1 is 0.615 bits per heavy atom. The van der Waals surface area contributed by atoms with Crippen LogP contribution in [-0.4, -0.2) is 47.6 Å². The van der Waals surface area contributed by atoms with E-state index in [1.165, 1.54) is 83.5 Å². The van der Waals surface area contributed by atoms with Gasteiger partial charge in [0.15, 0.2) is 6.10 Å². The van der Waals surface area contributed by atoms with Gasteiger partial charge in [0.25, 0.3) is 0 Å². The molecular formula is C46H78O6. The first kappa shape index (κ1) is 49.3. The van der Waals surface area contributed by atoms with Crippen LogP contribution in [-0.2, 0) is 19.1 Å². The number of hydrogen-bond acceptors (Lipinski definition) is 6. The van der Waals surface area contributed by atoms with Crippen LogP contribution < -0.4 is 0 Å². The van der Waals surface area contributed by atoms with Crippen LogP contribution in [0.4, 0.5) is 0 Å². The molecule has 2 N–H and O–H groups in total. The number of carbonyl (C=O) groups excluding carboxylic acids is 2. The number of unbranched alkanes of at least 4 members (excludes halogenated alkanes) is 13. The minimum Gasteiger partial charge on any atom is -0.462 e. The molecule has 0 bridgehead atoms. The van der Waals surface area contributed by atoms with E-state index in [1.807, 2.05) is 30.4 Å². The van der Waals surface area contributed by atoms with Crippen LogP contribution in [0.3, 0.4) is 0 Å². The van der Waals surface area contributed by atoms with Crippen LogP contribution in [0.25, 0.3) is 0 Å². The van der Waals surface area contributed by atoms with Crippen LogP contribution >= 0.6 is 0 Å². The Balaban J connectivity index is 3.72. The van der Waals surface area contributed by atoms with Gasteiger partial charge in [-0.25, -0.2) is 0 Å². The maximum atomic E-state index is 12.2. The topological polar surface area (TPSA) is 93.1 Å². The summed E-state index contributed by atoms with van der Waals surface area (Å²) >= 11 is 0. The van der Waals surface area contributed by atoms with Crippen molar-refractivity contribution < 1.29 is 29.3 Å². The molecule has 0 spiro atoms. The van der Waals surface area contributed by atoms with Crippen LogP contribution in [0.5, 0.6) is 0 Å². The largest absolute Gasteiger partial charge is 0.462 e. The summed E-state index contributed by atoms with van der Waals surface area (Å²) < 4.78 is 10.5. The Bertz CT molecular complexity index is 991. The molecule has 0 aliphatic carbocycles. The molecule has 0 saturated carbocycles. The number of aliphatic hydroxyl groups is 2. The Labute approximate surface area is 319 Å². The molecule has 0 fully saturated rings. The van der Waals surface area contributed by atoms with E-state index >= 15 is 0 Å². The van der Waals surface area contributed by atoms with Gasteiger partial charge in [-0.3, -0.25) is 9.59 Å². The predicted octanol–water partition coefficient (Wildman–Crippen LogP) is 12.2. The third-order valence-electron chi connectivity index (χ3n) is 9.15. The highest BCUT2D eigenvalue weighted by Crippen LogP contribution is 2.16. The van der Waals surface area contributed by atoms with Gasteiger partial charge in [0.1, 0.15) is 6.61 Å². The Morgan fingerprint density at radius 2 is 1.15 bits per heavy atom. The molecule has 0 aromatic carbocycles. The van der Waals surface area contributed by atoms with Crippen LogP contribution in [0.1, 0.15) is 175 Å². The highest BCUT2D eigenvalue weighted by Gasteiger charge is 2.15. The van der Waals surface area contributed by atoms with Crippen LogP contribution in [0.15, 0.2) is 72.9 Å². The molecule has 2 unspecified atom stereocenters. The predicted molar refractivity (Wildman–Crippen MR) is 220 cm³/mol. The van der Waals surface area contributed by atoms with Gasteiger partial charge in [-0.1, -0.05) is 190 Å². The average molecular weight is 727 g/mol. The maximum absolute atomic E-state index is 12.2. The third kappa shape index (κ3) is 37.1. The summed E-state index contributed by atoms with van der Waals surface area (Å²) in [5, 5.41) is 19.4. The van der Waals surface area contributed by atoms with Gasteiger partial charge in [0, 0.05) is 12.8 Å². The minimum absolute atomic E-state index is 0.108. The van der Waals surface area contributed by atoms with E-state index in [2.05, 4.69) is 57.2 Å². The fourth-order valence-corrected chi connectivity index (χ4v) is 5.58. The summed E-state index contributed by atoms with van der Waals surface area (Å²) in [7, 11) is 0. The lowest BCUT2D eigenvalue weighted by molar-refractivity contribution is -0.161. The molecule has 0 saturated heterocycles. The van der Waals surface area contributed by atoms with Crippen molar-refractivity contribution >= 4 is 11.9 Å². The first-order valence-corrected chi connectivity index (χ1v) is 21.0. The van der Waals surface area contributed by atoms with Gasteiger partial charge in [-0.2, -0.15) is 0 Å². The molecule has 298 valence electrons. The zero-order valence-corrected chi connectivity index (χ0v) is 33.6. The number of carbonyl (C=O) groups is 2. The molecule has 0 heterocycles. The Hall–Kier alpha value is -2.70. The average Bonchev–Trinajstić information content (AvgIpc) is 3.14. The highest BCUT2D eigenvalue weighted by molar-refractivity contribution is 5.70. The van der Waals surface area contributed by atoms with Gasteiger partial charge < -0.3 is 19.7 Å². The van der Waals surface area contributed by atoms with E-state index in [4.69, 9.17) is 9.47 Å². The van der Waals surface area contributed by atoms with Crippen molar-refractivity contribution in [1.29, 1.82) is 0 Å². The normalized spacial score (nSPS) is 14.2. The zero-order chi connectivity index (χ0) is 38.2. The van der Waals surface area contributed by atoms with Crippen molar-refractivity contribution in [2.75, 3.05) is 13.2 Å². The number of esters is 2. The van der Waals surface area contributed by atoms with Crippen molar-refractivity contribution in [1.82, 2.24) is 0 Å².